The third kappa shape index (κ3) is 3.55. The Bertz CT molecular complexity index is 334. The average molecular weight is 248 g/mol. The van der Waals surface area contributed by atoms with E-state index in [9.17, 15) is 5.11 Å². The van der Waals surface area contributed by atoms with E-state index >= 15 is 0 Å². The van der Waals surface area contributed by atoms with Crippen molar-refractivity contribution in [2.75, 3.05) is 33.2 Å². The summed E-state index contributed by atoms with van der Waals surface area (Å²) in [6, 6.07) is 10.0. The van der Waals surface area contributed by atoms with Crippen LogP contribution in [0.5, 0.6) is 0 Å². The zero-order valence-electron chi connectivity index (χ0n) is 11.2. The summed E-state index contributed by atoms with van der Waals surface area (Å²) in [7, 11) is 1.99. The number of rotatable bonds is 5. The summed E-state index contributed by atoms with van der Waals surface area (Å²) >= 11 is 0. The summed E-state index contributed by atoms with van der Waals surface area (Å²) in [5, 5.41) is 13.6. The standard InChI is InChI=1S/C15H24N2O/c1-16-9-12-17-10-7-14(8-11-17)15(18)13-5-3-2-4-6-13/h2-6,14-16,18H,7-12H2,1H3. The molecule has 1 atom stereocenters. The number of aliphatic hydroxyl groups is 1. The molecule has 18 heavy (non-hydrogen) atoms. The van der Waals surface area contributed by atoms with Crippen LogP contribution in [-0.2, 0) is 0 Å². The van der Waals surface area contributed by atoms with Gasteiger partial charge in [0.05, 0.1) is 6.10 Å². The van der Waals surface area contributed by atoms with E-state index in [-0.39, 0.29) is 6.10 Å². The summed E-state index contributed by atoms with van der Waals surface area (Å²) in [4.78, 5) is 2.48. The summed E-state index contributed by atoms with van der Waals surface area (Å²) in [5.41, 5.74) is 1.06. The predicted molar refractivity (Wildman–Crippen MR) is 74.5 cm³/mol. The Hall–Kier alpha value is -0.900. The van der Waals surface area contributed by atoms with Gasteiger partial charge in [0.15, 0.2) is 0 Å². The molecular formula is C15H24N2O. The van der Waals surface area contributed by atoms with Gasteiger partial charge in [-0.15, -0.1) is 0 Å². The Morgan fingerprint density at radius 3 is 2.56 bits per heavy atom. The minimum absolute atomic E-state index is 0.294. The van der Waals surface area contributed by atoms with Crippen LogP contribution in [0.2, 0.25) is 0 Å². The van der Waals surface area contributed by atoms with Gasteiger partial charge in [-0.05, 0) is 44.5 Å². The van der Waals surface area contributed by atoms with E-state index in [0.29, 0.717) is 5.92 Å². The highest BCUT2D eigenvalue weighted by molar-refractivity contribution is 5.18. The zero-order chi connectivity index (χ0) is 12.8. The van der Waals surface area contributed by atoms with E-state index in [2.05, 4.69) is 10.2 Å². The molecular weight excluding hydrogens is 224 g/mol. The molecule has 0 aliphatic carbocycles. The highest BCUT2D eigenvalue weighted by atomic mass is 16.3. The van der Waals surface area contributed by atoms with E-state index in [0.717, 1.165) is 44.6 Å². The Morgan fingerprint density at radius 1 is 1.28 bits per heavy atom. The van der Waals surface area contributed by atoms with Gasteiger partial charge < -0.3 is 15.3 Å². The van der Waals surface area contributed by atoms with Crippen LogP contribution in [0, 0.1) is 5.92 Å². The number of nitrogens with zero attached hydrogens (tertiary/aromatic N) is 1. The van der Waals surface area contributed by atoms with Crippen molar-refractivity contribution < 1.29 is 5.11 Å². The predicted octanol–water partition coefficient (Wildman–Crippen LogP) is 1.65. The minimum atomic E-state index is -0.294. The quantitative estimate of drug-likeness (QED) is 0.832. The second-order valence-corrected chi connectivity index (χ2v) is 5.14. The van der Waals surface area contributed by atoms with Gasteiger partial charge >= 0.3 is 0 Å². The first-order chi connectivity index (χ1) is 8.81. The molecule has 0 saturated carbocycles. The molecule has 1 aliphatic rings. The fourth-order valence-corrected chi connectivity index (χ4v) is 2.68. The maximum absolute atomic E-state index is 10.4. The molecule has 1 aromatic carbocycles. The van der Waals surface area contributed by atoms with Crippen molar-refractivity contribution in [3.63, 3.8) is 0 Å². The lowest BCUT2D eigenvalue weighted by molar-refractivity contribution is 0.0593. The maximum atomic E-state index is 10.4. The molecule has 0 aromatic heterocycles. The zero-order valence-corrected chi connectivity index (χ0v) is 11.2. The average Bonchev–Trinajstić information content (AvgIpc) is 2.46. The molecule has 0 spiro atoms. The van der Waals surface area contributed by atoms with Gasteiger partial charge in [0.25, 0.3) is 0 Å². The number of likely N-dealkylation sites (tertiary alicyclic amines) is 1. The van der Waals surface area contributed by atoms with Gasteiger partial charge in [-0.3, -0.25) is 0 Å². The van der Waals surface area contributed by atoms with Crippen LogP contribution < -0.4 is 5.32 Å². The van der Waals surface area contributed by atoms with Crippen LogP contribution in [0.15, 0.2) is 30.3 Å². The molecule has 1 aliphatic heterocycles. The second kappa shape index (κ2) is 6.88. The van der Waals surface area contributed by atoms with Crippen LogP contribution in [0.3, 0.4) is 0 Å². The van der Waals surface area contributed by atoms with Gasteiger partial charge in [-0.2, -0.15) is 0 Å². The van der Waals surface area contributed by atoms with Crippen LogP contribution in [-0.4, -0.2) is 43.2 Å². The summed E-state index contributed by atoms with van der Waals surface area (Å²) in [6.07, 6.45) is 1.90. The van der Waals surface area contributed by atoms with Crippen LogP contribution in [0.4, 0.5) is 0 Å². The van der Waals surface area contributed by atoms with Crippen molar-refractivity contribution in [1.82, 2.24) is 10.2 Å². The molecule has 1 heterocycles. The van der Waals surface area contributed by atoms with Crippen molar-refractivity contribution in [2.24, 2.45) is 5.92 Å². The highest BCUT2D eigenvalue weighted by Crippen LogP contribution is 2.30. The molecule has 1 unspecified atom stereocenters. The van der Waals surface area contributed by atoms with Crippen molar-refractivity contribution >= 4 is 0 Å². The van der Waals surface area contributed by atoms with Gasteiger partial charge in [-0.1, -0.05) is 30.3 Å². The minimum Gasteiger partial charge on any atom is -0.388 e. The van der Waals surface area contributed by atoms with Gasteiger partial charge in [0, 0.05) is 13.1 Å². The second-order valence-electron chi connectivity index (χ2n) is 5.14. The van der Waals surface area contributed by atoms with Crippen molar-refractivity contribution in [2.45, 2.75) is 18.9 Å². The first-order valence-corrected chi connectivity index (χ1v) is 6.91. The highest BCUT2D eigenvalue weighted by Gasteiger charge is 2.25. The monoisotopic (exact) mass is 248 g/mol. The lowest BCUT2D eigenvalue weighted by atomic mass is 9.87. The molecule has 0 amide bonds. The number of aliphatic hydroxyl groups excluding tert-OH is 1. The van der Waals surface area contributed by atoms with Gasteiger partial charge in [-0.25, -0.2) is 0 Å². The summed E-state index contributed by atoms with van der Waals surface area (Å²) < 4.78 is 0. The Labute approximate surface area is 110 Å². The van der Waals surface area contributed by atoms with E-state index < -0.39 is 0 Å². The first-order valence-electron chi connectivity index (χ1n) is 6.91. The van der Waals surface area contributed by atoms with Crippen molar-refractivity contribution in [1.29, 1.82) is 0 Å². The fourth-order valence-electron chi connectivity index (χ4n) is 2.68. The molecule has 3 heteroatoms. The fraction of sp³-hybridized carbons (Fsp3) is 0.600. The normalized spacial score (nSPS) is 19.9. The largest absolute Gasteiger partial charge is 0.388 e. The Balaban J connectivity index is 1.82. The van der Waals surface area contributed by atoms with Gasteiger partial charge in [0.1, 0.15) is 0 Å². The smallest absolute Gasteiger partial charge is 0.0819 e. The lowest BCUT2D eigenvalue weighted by Gasteiger charge is -2.34. The number of hydrogen-bond acceptors (Lipinski definition) is 3. The summed E-state index contributed by atoms with van der Waals surface area (Å²) in [6.45, 7) is 4.38. The third-order valence-corrected chi connectivity index (χ3v) is 3.90. The van der Waals surface area contributed by atoms with Crippen LogP contribution in [0.1, 0.15) is 24.5 Å². The Kier molecular flexibility index (Phi) is 5.17. The maximum Gasteiger partial charge on any atom is 0.0819 e. The first kappa shape index (κ1) is 13.5. The summed E-state index contributed by atoms with van der Waals surface area (Å²) in [5.74, 6) is 0.415. The molecule has 3 nitrogen and oxygen atoms in total. The van der Waals surface area contributed by atoms with E-state index in [1.807, 2.05) is 37.4 Å². The number of piperidine rings is 1. The number of hydrogen-bond donors (Lipinski definition) is 2. The number of nitrogens with one attached hydrogen (secondary N) is 1. The third-order valence-electron chi connectivity index (χ3n) is 3.90. The molecule has 100 valence electrons. The molecule has 0 bridgehead atoms. The van der Waals surface area contributed by atoms with Gasteiger partial charge in [0.2, 0.25) is 0 Å². The topological polar surface area (TPSA) is 35.5 Å². The van der Waals surface area contributed by atoms with Crippen LogP contribution >= 0.6 is 0 Å². The SMILES string of the molecule is CNCCN1CCC(C(O)c2ccccc2)CC1. The molecule has 2 N–H and O–H groups in total. The molecule has 1 fully saturated rings. The molecule has 0 radical (unpaired) electrons. The number of likely N-dealkylation sites (N-methyl/N-ethyl adjacent to an activating group) is 1. The molecule has 1 saturated heterocycles. The van der Waals surface area contributed by atoms with E-state index in [1.54, 1.807) is 0 Å². The van der Waals surface area contributed by atoms with Crippen LogP contribution in [0.25, 0.3) is 0 Å². The van der Waals surface area contributed by atoms with E-state index in [4.69, 9.17) is 0 Å². The lowest BCUT2D eigenvalue weighted by Crippen LogP contribution is -2.38. The Morgan fingerprint density at radius 2 is 1.94 bits per heavy atom. The number of benzene rings is 1. The van der Waals surface area contributed by atoms with Crippen molar-refractivity contribution in [3.8, 4) is 0 Å². The molecule has 2 rings (SSSR count). The molecule has 1 aromatic rings. The van der Waals surface area contributed by atoms with Crippen molar-refractivity contribution in [3.05, 3.63) is 35.9 Å². The van der Waals surface area contributed by atoms with E-state index in [1.165, 1.54) is 0 Å².